The molecule has 0 aliphatic carbocycles. The van der Waals surface area contributed by atoms with E-state index < -0.39 is 82.9 Å². The molecule has 0 saturated carbocycles. The fraction of sp³-hybridized carbons (Fsp3) is 0.583. The fourth-order valence-corrected chi connectivity index (χ4v) is 19.3. The molecule has 17 rings (SSSR count). The molecule has 11 amide bonds. The Labute approximate surface area is 882 Å². The van der Waals surface area contributed by atoms with Crippen LogP contribution in [0, 0.1) is 24.2 Å². The van der Waals surface area contributed by atoms with Gasteiger partial charge in [0.2, 0.25) is 47.3 Å². The second kappa shape index (κ2) is 54.8. The lowest BCUT2D eigenvalue weighted by Crippen LogP contribution is -2.48. The molecule has 46 heteroatoms. The molecule has 9 N–H and O–H groups in total. The van der Waals surface area contributed by atoms with E-state index in [0.717, 1.165) is 122 Å². The molecule has 814 valence electrons. The monoisotopic (exact) mass is 2170 g/mol. The summed E-state index contributed by atoms with van der Waals surface area (Å²) in [5, 5.41) is 17.5. The maximum Gasteiger partial charge on any atom is 0.407 e. The van der Waals surface area contributed by atoms with Crippen LogP contribution in [0.1, 0.15) is 180 Å². The van der Waals surface area contributed by atoms with Crippen LogP contribution in [-0.2, 0) is 117 Å². The number of hydrogen-bond donors (Lipinski definition) is 8. The van der Waals surface area contributed by atoms with E-state index in [0.29, 0.717) is 132 Å². The number of piperidine rings is 4. The van der Waals surface area contributed by atoms with E-state index in [9.17, 15) is 71.9 Å². The second-order valence-corrected chi connectivity index (χ2v) is 41.5. The van der Waals surface area contributed by atoms with Crippen molar-refractivity contribution >= 4 is 148 Å². The summed E-state index contributed by atoms with van der Waals surface area (Å²) in [6.07, 6.45) is 11.9. The topological polar surface area (TPSA) is 493 Å². The van der Waals surface area contributed by atoms with Gasteiger partial charge in [0, 0.05) is 150 Å². The van der Waals surface area contributed by atoms with Gasteiger partial charge in [0.1, 0.15) is 41.0 Å². The number of rotatable bonds is 21. The first-order valence-corrected chi connectivity index (χ1v) is 51.0. The molecule has 13 heterocycles. The molecular weight excluding hydrogens is 2030 g/mol. The van der Waals surface area contributed by atoms with Gasteiger partial charge in [0.05, 0.1) is 114 Å². The molecule has 43 nitrogen and oxygen atoms in total. The lowest BCUT2D eigenvalue weighted by molar-refractivity contribution is -0.137. The number of carbonyl (C=O) groups is 11. The summed E-state index contributed by atoms with van der Waals surface area (Å²) in [6.45, 7) is 31.7. The molecule has 0 radical (unpaired) electrons. The number of nitrogens with two attached hydrogens (primary N) is 1. The van der Waals surface area contributed by atoms with Crippen LogP contribution < -0.4 is 65.7 Å². The van der Waals surface area contributed by atoms with E-state index in [1.165, 1.54) is 40.2 Å². The number of fused-ring (bicyclic) bond motifs is 4. The zero-order chi connectivity index (χ0) is 106. The van der Waals surface area contributed by atoms with E-state index in [1.54, 1.807) is 55.5 Å². The van der Waals surface area contributed by atoms with E-state index in [4.69, 9.17) is 50.1 Å². The number of imide groups is 4. The van der Waals surface area contributed by atoms with Crippen molar-refractivity contribution in [2.24, 2.45) is 33.9 Å². The average Bonchev–Trinajstić information content (AvgIpc) is 1.62. The van der Waals surface area contributed by atoms with E-state index in [-0.39, 0.29) is 125 Å². The molecule has 4 aromatic heterocycles. The van der Waals surface area contributed by atoms with Gasteiger partial charge < -0.3 is 59.6 Å². The zero-order valence-corrected chi connectivity index (χ0v) is 91.2. The number of aromatic nitrogens is 8. The molecule has 4 aromatic carbocycles. The van der Waals surface area contributed by atoms with Crippen LogP contribution in [0.5, 0.6) is 0 Å². The van der Waals surface area contributed by atoms with Gasteiger partial charge in [-0.3, -0.25) is 116 Å². The van der Waals surface area contributed by atoms with Crippen LogP contribution in [0.2, 0.25) is 0 Å². The summed E-state index contributed by atoms with van der Waals surface area (Å²) in [4.78, 5) is 191. The number of imidazole rings is 4. The lowest BCUT2D eigenvalue weighted by Gasteiger charge is -2.33. The Bertz CT molecular complexity index is 6470. The van der Waals surface area contributed by atoms with Crippen LogP contribution >= 0.6 is 38.2 Å². The highest BCUT2D eigenvalue weighted by molar-refractivity contribution is 9.10. The molecule has 8 aromatic rings. The van der Waals surface area contributed by atoms with Crippen molar-refractivity contribution < 1.29 is 90.6 Å². The van der Waals surface area contributed by atoms with Crippen molar-refractivity contribution in [1.29, 1.82) is 0 Å². The molecule has 0 bridgehead atoms. The molecular formula is C103H145BrClN20O23P. The Kier molecular flexibility index (Phi) is 43.8. The molecule has 9 atom stereocenters. The number of terminal acetylenes is 1. The average molecular weight is 2180 g/mol. The van der Waals surface area contributed by atoms with Gasteiger partial charge in [-0.1, -0.05) is 64.0 Å². The summed E-state index contributed by atoms with van der Waals surface area (Å²) >= 11 is 3.37. The normalized spacial score (nSPS) is 21.0. The van der Waals surface area contributed by atoms with Crippen LogP contribution in [0.15, 0.2) is 96.4 Å². The number of para-hydroxylation sites is 3. The number of benzene rings is 4. The van der Waals surface area contributed by atoms with E-state index in [1.807, 2.05) is 117 Å². The molecule has 149 heavy (non-hydrogen) atoms. The van der Waals surface area contributed by atoms with Crippen molar-refractivity contribution in [2.45, 2.75) is 218 Å². The van der Waals surface area contributed by atoms with Crippen molar-refractivity contribution in [3.63, 3.8) is 0 Å². The highest BCUT2D eigenvalue weighted by atomic mass is 79.9. The van der Waals surface area contributed by atoms with Crippen molar-refractivity contribution in [3.05, 3.63) is 136 Å². The summed E-state index contributed by atoms with van der Waals surface area (Å²) in [7, 11) is 6.78. The van der Waals surface area contributed by atoms with Crippen molar-refractivity contribution in [1.82, 2.24) is 93.4 Å². The Morgan fingerprint density at radius 2 is 0.772 bits per heavy atom. The number of hydrogen-bond acceptors (Lipinski definition) is 28. The summed E-state index contributed by atoms with van der Waals surface area (Å²) < 4.78 is 56.5. The van der Waals surface area contributed by atoms with E-state index in [2.05, 4.69) is 90.5 Å². The highest BCUT2D eigenvalue weighted by Crippen LogP contribution is 2.32. The fourth-order valence-electron chi connectivity index (χ4n) is 19.0. The first kappa shape index (κ1) is 119. The standard InChI is InChI=1S/C26H37N5O6.C26H33N5O6.C21H29N5O4.C13H12BrN3O3.C13H22N2O3.C4H8O.ClH.H3P/c2*1-26(2,3)37-24(34)27-15-18-16-30(13-14-36-18)12-6-8-17-7-5-9-19-22(17)29(4)25(35)31(19)20-10-11-21(32)28-23(20)33;1-24-19-14(5-3-9-25-10-11-30-15(12-22)13-25)4-2-6-16(19)26(21(24)29)17-7-8-18(27)23-20(17)28;1-16-10-6-7(14)2-3-8(10)17(13(16)20)9-4-5-11(18)15-12(9)19;1-5-6-15-7-8-17-11(10-15)9-14-12(16)18-13(2,3)4;1-2-4-5-3-1;;/h5,7,9,18,20H,6,8,10-16H2,1-4H3,(H,27,34)(H,28,32,33);5,7,9,18,20H,10-16H2,1-4H3,(H,27,34)(H,28,32,33);2,4,6,15,17H,3,5,7-13,22H2,1H3,(H,23,27,28);2-3,6,9H,4-5H2,1H3,(H,15,18,19);1,11H,6-10H2,2-4H3,(H,14,16);1-4H2;1H;1H3/t2*18-,20?;15-,17?;;11-;;;/m111.1.../s1. The number of alkyl carbamates (subject to hydrolysis) is 3. The smallest absolute Gasteiger partial charge is 0.407 e. The van der Waals surface area contributed by atoms with Crippen LogP contribution in [0.4, 0.5) is 14.4 Å². The minimum atomic E-state index is -0.739. The third kappa shape index (κ3) is 32.9. The number of aryl methyl sites for hydroxylation is 6. The third-order valence-electron chi connectivity index (χ3n) is 25.9. The number of amides is 11. The molecule has 0 spiro atoms. The van der Waals surface area contributed by atoms with Gasteiger partial charge >= 0.3 is 41.0 Å². The Morgan fingerprint density at radius 3 is 1.13 bits per heavy atom. The quantitative estimate of drug-likeness (QED) is 0.0191. The van der Waals surface area contributed by atoms with Crippen LogP contribution in [0.3, 0.4) is 0 Å². The number of morpholine rings is 4. The number of nitrogens with zero attached hydrogens (tertiary/aromatic N) is 12. The SMILES string of the molecule is C#CCN1CCO[C@H](CNC(=O)OC(C)(C)C)C1.C1CCOC1.Cl.Cn1c(=O)n(C2CCC(=O)NC2=O)c2ccc(Br)cc21.Cn1c(=O)n(C2CCC(=O)NC2=O)c2cccc(C#CCN3CCO[C@H](CNC(=O)OC(C)(C)C)C3)c21.Cn1c(=O)n(C2CCC(=O)NC2=O)c2cccc(CCCN3CCO[C@H](CN)C3)c21.Cn1c(=O)n(C2CCC(=O)NC2=O)c2cccc(CCCN3CCO[C@H](CNC(=O)OC(C)(C)C)C3)c21.P. The lowest BCUT2D eigenvalue weighted by atomic mass is 10.0. The van der Waals surface area contributed by atoms with Gasteiger partial charge in [0.15, 0.2) is 0 Å². The highest BCUT2D eigenvalue weighted by Gasteiger charge is 2.38. The van der Waals surface area contributed by atoms with Crippen LogP contribution in [0.25, 0.3) is 44.1 Å². The summed E-state index contributed by atoms with van der Waals surface area (Å²) in [5.41, 5.74) is 11.7. The van der Waals surface area contributed by atoms with Gasteiger partial charge in [-0.25, -0.2) is 33.6 Å². The zero-order valence-electron chi connectivity index (χ0n) is 87.4. The minimum Gasteiger partial charge on any atom is -0.444 e. The largest absolute Gasteiger partial charge is 0.444 e. The van der Waals surface area contributed by atoms with Gasteiger partial charge in [0.25, 0.3) is 0 Å². The molecule has 9 aliphatic heterocycles. The summed E-state index contributed by atoms with van der Waals surface area (Å²) in [5.74, 6) is 6.05. The van der Waals surface area contributed by atoms with Crippen molar-refractivity contribution in [2.75, 3.05) is 144 Å². The maximum absolute atomic E-state index is 13.1. The van der Waals surface area contributed by atoms with Gasteiger partial charge in [-0.2, -0.15) is 9.90 Å². The molecule has 5 unspecified atom stereocenters. The van der Waals surface area contributed by atoms with E-state index >= 15 is 0 Å². The Balaban J connectivity index is 0.000000192. The molecule has 9 fully saturated rings. The Hall–Kier alpha value is -11.8. The van der Waals surface area contributed by atoms with Gasteiger partial charge in [-0.05, 0) is 193 Å². The number of halogens is 2. The second-order valence-electron chi connectivity index (χ2n) is 40.5. The first-order valence-electron chi connectivity index (χ1n) is 50.2. The summed E-state index contributed by atoms with van der Waals surface area (Å²) in [6, 6.07) is 19.8. The van der Waals surface area contributed by atoms with Gasteiger partial charge in [-0.15, -0.1) is 18.8 Å². The third-order valence-corrected chi connectivity index (χ3v) is 26.4. The predicted molar refractivity (Wildman–Crippen MR) is 569 cm³/mol. The molecule has 9 aliphatic rings. The van der Waals surface area contributed by atoms with Crippen LogP contribution in [-0.4, -0.2) is 307 Å². The minimum absolute atomic E-state index is 0. The number of ether oxygens (including phenoxy) is 8. The maximum atomic E-state index is 13.1. The first-order chi connectivity index (χ1) is 69.9. The number of nitrogens with one attached hydrogen (secondary N) is 7. The number of carbonyl (C=O) groups excluding carboxylic acids is 11. The molecule has 9 saturated heterocycles. The van der Waals surface area contributed by atoms with Crippen molar-refractivity contribution in [3.8, 4) is 24.2 Å². The predicted octanol–water partition coefficient (Wildman–Crippen LogP) is 5.48. The Morgan fingerprint density at radius 1 is 0.436 bits per heavy atom.